The summed E-state index contributed by atoms with van der Waals surface area (Å²) in [4.78, 5) is 6.74. The highest BCUT2D eigenvalue weighted by atomic mass is 35.5. The smallest absolute Gasteiger partial charge is 0.264 e. The Morgan fingerprint density at radius 1 is 1.05 bits per heavy atom. The van der Waals surface area contributed by atoms with Crippen LogP contribution in [-0.2, 0) is 10.0 Å². The maximum atomic E-state index is 12.9. The van der Waals surface area contributed by atoms with Gasteiger partial charge in [-0.2, -0.15) is 0 Å². The van der Waals surface area contributed by atoms with Crippen molar-refractivity contribution in [1.82, 2.24) is 9.97 Å². The Hall–Kier alpha value is -1.80. The maximum absolute atomic E-state index is 12.9. The van der Waals surface area contributed by atoms with Gasteiger partial charge in [0.1, 0.15) is 16.5 Å². The molecular weight excluding hydrogens is 300 g/mol. The van der Waals surface area contributed by atoms with Gasteiger partial charge in [-0.05, 0) is 23.7 Å². The first-order valence-electron chi connectivity index (χ1n) is 4.83. The van der Waals surface area contributed by atoms with Gasteiger partial charge < -0.3 is 0 Å². The summed E-state index contributed by atoms with van der Waals surface area (Å²) in [6.45, 7) is 0. The van der Waals surface area contributed by atoms with Gasteiger partial charge in [0, 0.05) is 6.07 Å². The minimum Gasteiger partial charge on any atom is -0.279 e. The number of nitrogens with zero attached hydrogens (tertiary/aromatic N) is 2. The molecule has 0 atom stereocenters. The quantitative estimate of drug-likeness (QED) is 0.883. The van der Waals surface area contributed by atoms with Crippen LogP contribution in [0.4, 0.5) is 14.5 Å². The number of rotatable bonds is 3. The molecule has 0 aliphatic carbocycles. The van der Waals surface area contributed by atoms with E-state index in [1.165, 1.54) is 0 Å². The van der Waals surface area contributed by atoms with E-state index in [9.17, 15) is 17.2 Å². The van der Waals surface area contributed by atoms with Gasteiger partial charge in [0.05, 0.1) is 18.1 Å². The molecule has 0 bridgehead atoms. The van der Waals surface area contributed by atoms with Gasteiger partial charge in [0.25, 0.3) is 10.0 Å². The van der Waals surface area contributed by atoms with E-state index < -0.39 is 21.7 Å². The van der Waals surface area contributed by atoms with Gasteiger partial charge in [-0.15, -0.1) is 0 Å². The molecule has 1 aromatic heterocycles. The molecule has 19 heavy (non-hydrogen) atoms. The van der Waals surface area contributed by atoms with Crippen LogP contribution in [0.1, 0.15) is 0 Å². The Kier molecular flexibility index (Phi) is 3.63. The third kappa shape index (κ3) is 3.36. The molecule has 0 aliphatic heterocycles. The zero-order chi connectivity index (χ0) is 14.0. The summed E-state index contributed by atoms with van der Waals surface area (Å²) in [6, 6.07) is 2.32. The van der Waals surface area contributed by atoms with Crippen LogP contribution in [0, 0.1) is 11.6 Å². The molecule has 0 aliphatic rings. The first kappa shape index (κ1) is 13.6. The van der Waals surface area contributed by atoms with Crippen LogP contribution in [0.25, 0.3) is 0 Å². The SMILES string of the molecule is O=S(=O)(Nc1cc(F)cc(F)c1)c1cnc(Cl)nc1. The van der Waals surface area contributed by atoms with Crippen molar-refractivity contribution in [3.05, 3.63) is 47.5 Å². The fraction of sp³-hybridized carbons (Fsp3) is 0. The summed E-state index contributed by atoms with van der Waals surface area (Å²) in [5, 5.41) is -0.115. The Morgan fingerprint density at radius 2 is 1.58 bits per heavy atom. The van der Waals surface area contributed by atoms with Crippen LogP contribution in [0.5, 0.6) is 0 Å². The summed E-state index contributed by atoms with van der Waals surface area (Å²) < 4.78 is 51.6. The van der Waals surface area contributed by atoms with Crippen molar-refractivity contribution in [1.29, 1.82) is 0 Å². The summed E-state index contributed by atoms with van der Waals surface area (Å²) in [6.07, 6.45) is 1.96. The predicted octanol–water partition coefficient (Wildman–Crippen LogP) is 2.21. The first-order chi connectivity index (χ1) is 8.87. The molecule has 2 aromatic rings. The Bertz CT molecular complexity index is 687. The number of nitrogens with one attached hydrogen (secondary N) is 1. The first-order valence-corrected chi connectivity index (χ1v) is 6.69. The minimum absolute atomic E-state index is 0.115. The molecule has 5 nitrogen and oxygen atoms in total. The van der Waals surface area contributed by atoms with E-state index in [-0.39, 0.29) is 15.9 Å². The van der Waals surface area contributed by atoms with Crippen molar-refractivity contribution in [2.24, 2.45) is 0 Å². The van der Waals surface area contributed by atoms with Gasteiger partial charge in [-0.3, -0.25) is 4.72 Å². The molecule has 2 rings (SSSR count). The molecular formula is C10H6ClF2N3O2S. The highest BCUT2D eigenvalue weighted by Crippen LogP contribution is 2.17. The lowest BCUT2D eigenvalue weighted by atomic mass is 10.3. The molecule has 0 saturated carbocycles. The van der Waals surface area contributed by atoms with E-state index in [0.717, 1.165) is 24.5 Å². The van der Waals surface area contributed by atoms with Crippen LogP contribution in [0.3, 0.4) is 0 Å². The number of sulfonamides is 1. The second kappa shape index (κ2) is 5.06. The Labute approximate surface area is 112 Å². The van der Waals surface area contributed by atoms with Gasteiger partial charge in [-0.1, -0.05) is 0 Å². The molecule has 1 N–H and O–H groups in total. The average molecular weight is 306 g/mol. The van der Waals surface area contributed by atoms with Crippen molar-refractivity contribution in [2.75, 3.05) is 4.72 Å². The van der Waals surface area contributed by atoms with Crippen molar-refractivity contribution >= 4 is 27.3 Å². The average Bonchev–Trinajstić information content (AvgIpc) is 2.27. The fourth-order valence-electron chi connectivity index (χ4n) is 1.27. The highest BCUT2D eigenvalue weighted by molar-refractivity contribution is 7.92. The number of anilines is 1. The number of hydrogen-bond acceptors (Lipinski definition) is 4. The maximum Gasteiger partial charge on any atom is 0.264 e. The fourth-order valence-corrected chi connectivity index (χ4v) is 2.29. The number of halogens is 3. The molecule has 0 fully saturated rings. The third-order valence-corrected chi connectivity index (χ3v) is 3.55. The molecule has 0 spiro atoms. The van der Waals surface area contributed by atoms with Crippen molar-refractivity contribution < 1.29 is 17.2 Å². The third-order valence-electron chi connectivity index (χ3n) is 2.02. The molecule has 0 amide bonds. The lowest BCUT2D eigenvalue weighted by molar-refractivity contribution is 0.584. The monoisotopic (exact) mass is 305 g/mol. The molecule has 1 aromatic carbocycles. The summed E-state index contributed by atoms with van der Waals surface area (Å²) in [5.41, 5.74) is -0.243. The number of aromatic nitrogens is 2. The van der Waals surface area contributed by atoms with Crippen LogP contribution >= 0.6 is 11.6 Å². The summed E-state index contributed by atoms with van der Waals surface area (Å²) >= 11 is 5.43. The molecule has 0 unspecified atom stereocenters. The second-order valence-corrected chi connectivity index (χ2v) is 5.47. The van der Waals surface area contributed by atoms with E-state index in [0.29, 0.717) is 6.07 Å². The highest BCUT2D eigenvalue weighted by Gasteiger charge is 2.16. The standard InChI is InChI=1S/C10H6ClF2N3O2S/c11-10-14-4-9(5-15-10)19(17,18)16-8-2-6(12)1-7(13)3-8/h1-5,16H. The number of benzene rings is 1. The molecule has 9 heteroatoms. The van der Waals surface area contributed by atoms with E-state index in [1.54, 1.807) is 0 Å². The predicted molar refractivity (Wildman–Crippen MR) is 64.2 cm³/mol. The van der Waals surface area contributed by atoms with Gasteiger partial charge in [0.2, 0.25) is 5.28 Å². The van der Waals surface area contributed by atoms with E-state index in [2.05, 4.69) is 9.97 Å². The summed E-state index contributed by atoms with van der Waals surface area (Å²) in [5.74, 6) is -1.80. The van der Waals surface area contributed by atoms with Crippen molar-refractivity contribution in [3.63, 3.8) is 0 Å². The van der Waals surface area contributed by atoms with Gasteiger partial charge >= 0.3 is 0 Å². The topological polar surface area (TPSA) is 72.0 Å². The Morgan fingerprint density at radius 3 is 2.11 bits per heavy atom. The zero-order valence-corrected chi connectivity index (χ0v) is 10.7. The van der Waals surface area contributed by atoms with Crippen LogP contribution < -0.4 is 4.72 Å². The molecule has 0 saturated heterocycles. The molecule has 1 heterocycles. The summed E-state index contributed by atoms with van der Waals surface area (Å²) in [7, 11) is -4.03. The lowest BCUT2D eigenvalue weighted by Crippen LogP contribution is -2.14. The molecule has 0 radical (unpaired) electrons. The normalized spacial score (nSPS) is 11.3. The van der Waals surface area contributed by atoms with Crippen LogP contribution in [0.15, 0.2) is 35.5 Å². The Balaban J connectivity index is 2.33. The van der Waals surface area contributed by atoms with E-state index in [1.807, 2.05) is 4.72 Å². The zero-order valence-electron chi connectivity index (χ0n) is 9.14. The lowest BCUT2D eigenvalue weighted by Gasteiger charge is -2.07. The van der Waals surface area contributed by atoms with E-state index >= 15 is 0 Å². The molecule has 100 valence electrons. The van der Waals surface area contributed by atoms with Crippen LogP contribution in [-0.4, -0.2) is 18.4 Å². The minimum atomic E-state index is -4.03. The largest absolute Gasteiger partial charge is 0.279 e. The second-order valence-electron chi connectivity index (χ2n) is 3.45. The van der Waals surface area contributed by atoms with Gasteiger partial charge in [-0.25, -0.2) is 27.2 Å². The number of hydrogen-bond donors (Lipinski definition) is 1. The van der Waals surface area contributed by atoms with Crippen molar-refractivity contribution in [2.45, 2.75) is 4.90 Å². The van der Waals surface area contributed by atoms with E-state index in [4.69, 9.17) is 11.6 Å². The van der Waals surface area contributed by atoms with Crippen LogP contribution in [0.2, 0.25) is 5.28 Å². The van der Waals surface area contributed by atoms with Crippen molar-refractivity contribution in [3.8, 4) is 0 Å². The van der Waals surface area contributed by atoms with Gasteiger partial charge in [0.15, 0.2) is 0 Å².